The largest absolute Gasteiger partial charge is 0.310 e. The van der Waals surface area contributed by atoms with E-state index in [1.54, 1.807) is 17.8 Å². The molecule has 1 aromatic heterocycles. The summed E-state index contributed by atoms with van der Waals surface area (Å²) in [7, 11) is 1.85. The SMILES string of the molecule is CCNC(CCc1cnn(C)c1)c1c(F)ccc(C)c1F. The molecule has 0 fully saturated rings. The van der Waals surface area contributed by atoms with Crippen LogP contribution in [0.2, 0.25) is 0 Å². The molecule has 0 radical (unpaired) electrons. The Morgan fingerprint density at radius 3 is 2.71 bits per heavy atom. The third-order valence-electron chi connectivity index (χ3n) is 3.60. The molecule has 0 amide bonds. The average molecular weight is 293 g/mol. The third-order valence-corrected chi connectivity index (χ3v) is 3.60. The van der Waals surface area contributed by atoms with Gasteiger partial charge < -0.3 is 5.32 Å². The molecule has 1 aromatic carbocycles. The molecule has 1 heterocycles. The summed E-state index contributed by atoms with van der Waals surface area (Å²) in [6, 6.07) is 2.47. The Balaban J connectivity index is 2.20. The molecule has 0 aliphatic rings. The van der Waals surface area contributed by atoms with Gasteiger partial charge in [-0.3, -0.25) is 4.68 Å². The van der Waals surface area contributed by atoms with Gasteiger partial charge in [-0.1, -0.05) is 13.0 Å². The van der Waals surface area contributed by atoms with Crippen molar-refractivity contribution in [2.24, 2.45) is 7.05 Å². The maximum absolute atomic E-state index is 14.3. The normalized spacial score (nSPS) is 12.6. The summed E-state index contributed by atoms with van der Waals surface area (Å²) in [6.45, 7) is 4.25. The van der Waals surface area contributed by atoms with E-state index in [1.165, 1.54) is 12.1 Å². The van der Waals surface area contributed by atoms with Gasteiger partial charge in [0.05, 0.1) is 6.20 Å². The second-order valence-electron chi connectivity index (χ2n) is 5.26. The molecular weight excluding hydrogens is 272 g/mol. The zero-order valence-corrected chi connectivity index (χ0v) is 12.7. The van der Waals surface area contributed by atoms with E-state index in [4.69, 9.17) is 0 Å². The smallest absolute Gasteiger partial charge is 0.133 e. The highest BCUT2D eigenvalue weighted by Crippen LogP contribution is 2.26. The van der Waals surface area contributed by atoms with E-state index in [2.05, 4.69) is 10.4 Å². The Morgan fingerprint density at radius 2 is 2.10 bits per heavy atom. The molecule has 0 saturated carbocycles. The molecule has 1 unspecified atom stereocenters. The molecule has 114 valence electrons. The van der Waals surface area contributed by atoms with Crippen molar-refractivity contribution in [2.45, 2.75) is 32.7 Å². The summed E-state index contributed by atoms with van der Waals surface area (Å²) in [4.78, 5) is 0. The highest BCUT2D eigenvalue weighted by Gasteiger charge is 2.21. The first-order valence-corrected chi connectivity index (χ1v) is 7.18. The van der Waals surface area contributed by atoms with E-state index in [-0.39, 0.29) is 11.6 Å². The van der Waals surface area contributed by atoms with Crippen molar-refractivity contribution in [3.05, 3.63) is 52.9 Å². The molecule has 0 saturated heterocycles. The quantitative estimate of drug-likeness (QED) is 0.885. The van der Waals surface area contributed by atoms with Gasteiger partial charge in [0.2, 0.25) is 0 Å². The topological polar surface area (TPSA) is 29.9 Å². The van der Waals surface area contributed by atoms with E-state index in [0.717, 1.165) is 12.0 Å². The lowest BCUT2D eigenvalue weighted by Gasteiger charge is -2.20. The van der Waals surface area contributed by atoms with Crippen molar-refractivity contribution in [3.63, 3.8) is 0 Å². The first-order valence-electron chi connectivity index (χ1n) is 7.18. The molecule has 2 aromatic rings. The second-order valence-corrected chi connectivity index (χ2v) is 5.26. The van der Waals surface area contributed by atoms with Crippen LogP contribution >= 0.6 is 0 Å². The van der Waals surface area contributed by atoms with Crippen molar-refractivity contribution in [3.8, 4) is 0 Å². The molecule has 1 atom stereocenters. The van der Waals surface area contributed by atoms with E-state index < -0.39 is 11.6 Å². The van der Waals surface area contributed by atoms with Crippen molar-refractivity contribution >= 4 is 0 Å². The number of hydrogen-bond donors (Lipinski definition) is 1. The van der Waals surface area contributed by atoms with Crippen LogP contribution in [0.5, 0.6) is 0 Å². The minimum absolute atomic E-state index is 0.140. The summed E-state index contributed by atoms with van der Waals surface area (Å²) in [5.41, 5.74) is 1.67. The first-order chi connectivity index (χ1) is 10.0. The molecule has 0 aliphatic carbocycles. The lowest BCUT2D eigenvalue weighted by molar-refractivity contribution is 0.452. The number of aryl methyl sites for hydroxylation is 3. The van der Waals surface area contributed by atoms with Gasteiger partial charge in [-0.15, -0.1) is 0 Å². The summed E-state index contributed by atoms with van der Waals surface area (Å²) < 4.78 is 30.0. The highest BCUT2D eigenvalue weighted by atomic mass is 19.1. The summed E-state index contributed by atoms with van der Waals surface area (Å²) in [5, 5.41) is 7.29. The van der Waals surface area contributed by atoms with Crippen LogP contribution in [-0.4, -0.2) is 16.3 Å². The zero-order valence-electron chi connectivity index (χ0n) is 12.7. The second kappa shape index (κ2) is 6.80. The molecule has 1 N–H and O–H groups in total. The fraction of sp³-hybridized carbons (Fsp3) is 0.438. The number of aromatic nitrogens is 2. The van der Waals surface area contributed by atoms with E-state index in [9.17, 15) is 8.78 Å². The van der Waals surface area contributed by atoms with Crippen molar-refractivity contribution < 1.29 is 8.78 Å². The van der Waals surface area contributed by atoms with Gasteiger partial charge in [-0.05, 0) is 43.5 Å². The van der Waals surface area contributed by atoms with Gasteiger partial charge >= 0.3 is 0 Å². The van der Waals surface area contributed by atoms with Crippen LogP contribution in [0.4, 0.5) is 8.78 Å². The predicted molar refractivity (Wildman–Crippen MR) is 79.0 cm³/mol. The molecule has 0 spiro atoms. The summed E-state index contributed by atoms with van der Waals surface area (Å²) >= 11 is 0. The van der Waals surface area contributed by atoms with Gasteiger partial charge in [-0.25, -0.2) is 8.78 Å². The van der Waals surface area contributed by atoms with Crippen LogP contribution in [0, 0.1) is 18.6 Å². The van der Waals surface area contributed by atoms with Crippen LogP contribution in [0.25, 0.3) is 0 Å². The number of rotatable bonds is 6. The zero-order chi connectivity index (χ0) is 15.4. The van der Waals surface area contributed by atoms with E-state index in [0.29, 0.717) is 18.5 Å². The fourth-order valence-electron chi connectivity index (χ4n) is 2.50. The van der Waals surface area contributed by atoms with E-state index in [1.807, 2.05) is 20.2 Å². The number of nitrogens with one attached hydrogen (secondary N) is 1. The highest BCUT2D eigenvalue weighted by molar-refractivity contribution is 5.29. The minimum atomic E-state index is -0.491. The number of hydrogen-bond acceptors (Lipinski definition) is 2. The number of nitrogens with zero attached hydrogens (tertiary/aromatic N) is 2. The minimum Gasteiger partial charge on any atom is -0.310 e. The van der Waals surface area contributed by atoms with Gasteiger partial charge in [0, 0.05) is 24.8 Å². The number of halogens is 2. The number of benzene rings is 1. The molecule has 0 bridgehead atoms. The molecule has 2 rings (SSSR count). The van der Waals surface area contributed by atoms with Gasteiger partial charge in [-0.2, -0.15) is 5.10 Å². The van der Waals surface area contributed by atoms with Crippen LogP contribution < -0.4 is 5.32 Å². The van der Waals surface area contributed by atoms with Gasteiger partial charge in [0.15, 0.2) is 0 Å². The molecule has 21 heavy (non-hydrogen) atoms. The van der Waals surface area contributed by atoms with E-state index >= 15 is 0 Å². The Kier molecular flexibility index (Phi) is 5.07. The fourth-order valence-corrected chi connectivity index (χ4v) is 2.50. The van der Waals surface area contributed by atoms with Crippen molar-refractivity contribution in [2.75, 3.05) is 6.54 Å². The van der Waals surface area contributed by atoms with Crippen LogP contribution in [0.15, 0.2) is 24.5 Å². The maximum Gasteiger partial charge on any atom is 0.133 e. The van der Waals surface area contributed by atoms with Crippen molar-refractivity contribution in [1.82, 2.24) is 15.1 Å². The molecular formula is C16H21F2N3. The summed E-state index contributed by atoms with van der Waals surface area (Å²) in [6.07, 6.45) is 5.05. The Bertz CT molecular complexity index is 608. The molecule has 5 heteroatoms. The van der Waals surface area contributed by atoms with Gasteiger partial charge in [0.1, 0.15) is 11.6 Å². The Morgan fingerprint density at radius 1 is 1.33 bits per heavy atom. The maximum atomic E-state index is 14.3. The summed E-state index contributed by atoms with van der Waals surface area (Å²) in [5.74, 6) is -0.942. The van der Waals surface area contributed by atoms with Crippen LogP contribution in [0.1, 0.15) is 36.1 Å². The monoisotopic (exact) mass is 293 g/mol. The first kappa shape index (κ1) is 15.6. The average Bonchev–Trinajstić information content (AvgIpc) is 2.86. The lowest BCUT2D eigenvalue weighted by atomic mass is 9.97. The molecule has 0 aliphatic heterocycles. The predicted octanol–water partition coefficient (Wildman–Crippen LogP) is 3.29. The van der Waals surface area contributed by atoms with Crippen LogP contribution in [0.3, 0.4) is 0 Å². The van der Waals surface area contributed by atoms with Crippen LogP contribution in [-0.2, 0) is 13.5 Å². The third kappa shape index (κ3) is 3.67. The standard InChI is InChI=1S/C16H21F2N3/c1-4-19-14(8-6-12-9-20-21(3)10-12)15-13(17)7-5-11(2)16(15)18/h5,7,9-10,14,19H,4,6,8H2,1-3H3. The molecule has 3 nitrogen and oxygen atoms in total. The lowest BCUT2D eigenvalue weighted by Crippen LogP contribution is -2.24. The Hall–Kier alpha value is -1.75. The Labute approximate surface area is 124 Å². The van der Waals surface area contributed by atoms with Gasteiger partial charge in [0.25, 0.3) is 0 Å². The van der Waals surface area contributed by atoms with Crippen molar-refractivity contribution in [1.29, 1.82) is 0 Å².